The van der Waals surface area contributed by atoms with Crippen molar-refractivity contribution in [3.8, 4) is 5.75 Å². The van der Waals surface area contributed by atoms with Crippen LogP contribution in [0.3, 0.4) is 0 Å². The SMILES string of the molecule is Nc1cccc(C(=O)CN(CCOc2ccc3c(c2)sc2ccccc23)C(=O)c2ccccc2)c1. The molecule has 0 atom stereocenters. The van der Waals surface area contributed by atoms with E-state index >= 15 is 0 Å². The summed E-state index contributed by atoms with van der Waals surface area (Å²) in [6.07, 6.45) is 0. The molecular formula is C29H24N2O3S. The van der Waals surface area contributed by atoms with Gasteiger partial charge in [0.15, 0.2) is 5.78 Å². The highest BCUT2D eigenvalue weighted by Crippen LogP contribution is 2.35. The number of benzene rings is 4. The van der Waals surface area contributed by atoms with Crippen LogP contribution in [-0.2, 0) is 0 Å². The van der Waals surface area contributed by atoms with E-state index in [1.165, 1.54) is 20.4 Å². The molecule has 0 aliphatic rings. The first-order valence-electron chi connectivity index (χ1n) is 11.4. The number of ketones is 1. The summed E-state index contributed by atoms with van der Waals surface area (Å²) >= 11 is 1.73. The number of carbonyl (C=O) groups is 2. The molecule has 1 heterocycles. The smallest absolute Gasteiger partial charge is 0.254 e. The number of hydrogen-bond acceptors (Lipinski definition) is 5. The molecular weight excluding hydrogens is 456 g/mol. The Hall–Kier alpha value is -4.16. The zero-order valence-electron chi connectivity index (χ0n) is 19.0. The van der Waals surface area contributed by atoms with Crippen LogP contribution in [0.15, 0.2) is 97.1 Å². The molecule has 0 spiro atoms. The molecule has 5 aromatic rings. The van der Waals surface area contributed by atoms with Crippen LogP contribution in [0.5, 0.6) is 5.75 Å². The van der Waals surface area contributed by atoms with Crippen LogP contribution in [0.25, 0.3) is 20.2 Å². The van der Waals surface area contributed by atoms with Crippen LogP contribution >= 0.6 is 11.3 Å². The molecule has 1 amide bonds. The third-order valence-electron chi connectivity index (χ3n) is 5.83. The number of ether oxygens (including phenoxy) is 1. The molecule has 35 heavy (non-hydrogen) atoms. The second-order valence-electron chi connectivity index (χ2n) is 8.25. The summed E-state index contributed by atoms with van der Waals surface area (Å²) in [6.45, 7) is 0.474. The number of nitrogens with zero attached hydrogens (tertiary/aromatic N) is 1. The maximum atomic E-state index is 13.2. The Kier molecular flexibility index (Phi) is 6.46. The van der Waals surface area contributed by atoms with Gasteiger partial charge < -0.3 is 15.4 Å². The fourth-order valence-electron chi connectivity index (χ4n) is 4.06. The van der Waals surface area contributed by atoms with Crippen LogP contribution in [0, 0.1) is 0 Å². The van der Waals surface area contributed by atoms with Gasteiger partial charge >= 0.3 is 0 Å². The lowest BCUT2D eigenvalue weighted by Crippen LogP contribution is -2.38. The van der Waals surface area contributed by atoms with Crippen LogP contribution in [0.2, 0.25) is 0 Å². The van der Waals surface area contributed by atoms with E-state index in [0.29, 0.717) is 16.8 Å². The summed E-state index contributed by atoms with van der Waals surface area (Å²) in [5, 5.41) is 2.44. The maximum absolute atomic E-state index is 13.2. The first kappa shape index (κ1) is 22.6. The number of amides is 1. The van der Waals surface area contributed by atoms with Crippen molar-refractivity contribution in [3.05, 3.63) is 108 Å². The van der Waals surface area contributed by atoms with Crippen LogP contribution < -0.4 is 10.5 Å². The average molecular weight is 481 g/mol. The van der Waals surface area contributed by atoms with Crippen LogP contribution in [-0.4, -0.2) is 36.3 Å². The molecule has 1 aromatic heterocycles. The minimum Gasteiger partial charge on any atom is -0.492 e. The minimum atomic E-state index is -0.216. The number of anilines is 1. The number of thiophene rings is 1. The van der Waals surface area contributed by atoms with Gasteiger partial charge in [-0.3, -0.25) is 9.59 Å². The van der Waals surface area contributed by atoms with Crippen molar-refractivity contribution in [3.63, 3.8) is 0 Å². The van der Waals surface area contributed by atoms with Crippen molar-refractivity contribution in [1.82, 2.24) is 4.90 Å². The molecule has 6 heteroatoms. The maximum Gasteiger partial charge on any atom is 0.254 e. The molecule has 4 aromatic carbocycles. The van der Waals surface area contributed by atoms with Gasteiger partial charge in [0, 0.05) is 37.0 Å². The molecule has 0 aliphatic carbocycles. The van der Waals surface area contributed by atoms with Crippen molar-refractivity contribution in [2.24, 2.45) is 0 Å². The molecule has 0 saturated heterocycles. The minimum absolute atomic E-state index is 0.0596. The molecule has 5 nitrogen and oxygen atoms in total. The summed E-state index contributed by atoms with van der Waals surface area (Å²) in [4.78, 5) is 27.6. The molecule has 174 valence electrons. The van der Waals surface area contributed by atoms with Gasteiger partial charge in [-0.25, -0.2) is 0 Å². The van der Waals surface area contributed by atoms with Crippen molar-refractivity contribution in [1.29, 1.82) is 0 Å². The van der Waals surface area contributed by atoms with Gasteiger partial charge in [-0.1, -0.05) is 48.5 Å². The van der Waals surface area contributed by atoms with Crippen LogP contribution in [0.1, 0.15) is 20.7 Å². The molecule has 5 rings (SSSR count). The normalized spacial score (nSPS) is 11.0. The third kappa shape index (κ3) is 5.03. The zero-order valence-corrected chi connectivity index (χ0v) is 19.8. The summed E-state index contributed by atoms with van der Waals surface area (Å²) in [7, 11) is 0. The quantitative estimate of drug-likeness (QED) is 0.217. The number of hydrogen-bond donors (Lipinski definition) is 1. The predicted octanol–water partition coefficient (Wildman–Crippen LogP) is 6.04. The Morgan fingerprint density at radius 1 is 0.771 bits per heavy atom. The van der Waals surface area contributed by atoms with E-state index < -0.39 is 0 Å². The summed E-state index contributed by atoms with van der Waals surface area (Å²) in [6, 6.07) is 30.1. The Morgan fingerprint density at radius 2 is 1.51 bits per heavy atom. The number of nitrogen functional groups attached to an aromatic ring is 1. The summed E-state index contributed by atoms with van der Waals surface area (Å²) in [5.74, 6) is 0.345. The molecule has 0 bridgehead atoms. The standard InChI is InChI=1S/C29H24N2O3S/c30-22-10-6-9-21(17-22)26(32)19-31(29(33)20-7-2-1-3-8-20)15-16-34-23-13-14-25-24-11-4-5-12-27(24)35-28(25)18-23/h1-14,17-18H,15-16,19,30H2. The van der Waals surface area contributed by atoms with E-state index in [1.54, 1.807) is 47.7 Å². The highest BCUT2D eigenvalue weighted by atomic mass is 32.1. The van der Waals surface area contributed by atoms with E-state index in [-0.39, 0.29) is 31.4 Å². The first-order chi connectivity index (χ1) is 17.1. The summed E-state index contributed by atoms with van der Waals surface area (Å²) in [5.41, 5.74) is 7.35. The number of carbonyl (C=O) groups excluding carboxylic acids is 2. The van der Waals surface area contributed by atoms with Gasteiger partial charge in [0.1, 0.15) is 12.4 Å². The number of fused-ring (bicyclic) bond motifs is 3. The molecule has 2 N–H and O–H groups in total. The monoisotopic (exact) mass is 480 g/mol. The Labute approximate surface area is 207 Å². The fraction of sp³-hybridized carbons (Fsp3) is 0.103. The van der Waals surface area contributed by atoms with Crippen molar-refractivity contribution in [2.75, 3.05) is 25.4 Å². The predicted molar refractivity (Wildman–Crippen MR) is 142 cm³/mol. The van der Waals surface area contributed by atoms with Crippen molar-refractivity contribution in [2.45, 2.75) is 0 Å². The fourth-order valence-corrected chi connectivity index (χ4v) is 5.20. The van der Waals surface area contributed by atoms with Gasteiger partial charge in [0.05, 0.1) is 13.1 Å². The third-order valence-corrected chi connectivity index (χ3v) is 6.96. The second kappa shape index (κ2) is 9.99. The topological polar surface area (TPSA) is 72.6 Å². The Balaban J connectivity index is 1.31. The van der Waals surface area contributed by atoms with Gasteiger partial charge in [0.25, 0.3) is 5.91 Å². The Morgan fingerprint density at radius 3 is 2.34 bits per heavy atom. The largest absolute Gasteiger partial charge is 0.492 e. The van der Waals surface area contributed by atoms with E-state index in [9.17, 15) is 9.59 Å². The number of rotatable bonds is 8. The molecule has 0 unspecified atom stereocenters. The van der Waals surface area contributed by atoms with Gasteiger partial charge in [-0.15, -0.1) is 11.3 Å². The van der Waals surface area contributed by atoms with E-state index in [1.807, 2.05) is 42.5 Å². The lowest BCUT2D eigenvalue weighted by molar-refractivity contribution is 0.0686. The van der Waals surface area contributed by atoms with Gasteiger partial charge in [-0.2, -0.15) is 0 Å². The molecule has 0 fully saturated rings. The number of Topliss-reactive ketones (excluding diaryl/α,β-unsaturated/α-hetero) is 1. The average Bonchev–Trinajstić information content (AvgIpc) is 3.26. The lowest BCUT2D eigenvalue weighted by Gasteiger charge is -2.22. The van der Waals surface area contributed by atoms with Crippen LogP contribution in [0.4, 0.5) is 5.69 Å². The van der Waals surface area contributed by atoms with E-state index in [4.69, 9.17) is 10.5 Å². The molecule has 0 radical (unpaired) electrons. The molecule has 0 aliphatic heterocycles. The lowest BCUT2D eigenvalue weighted by atomic mass is 10.1. The highest BCUT2D eigenvalue weighted by Gasteiger charge is 2.20. The summed E-state index contributed by atoms with van der Waals surface area (Å²) < 4.78 is 8.40. The van der Waals surface area contributed by atoms with Crippen molar-refractivity contribution >= 4 is 48.9 Å². The van der Waals surface area contributed by atoms with Crippen molar-refractivity contribution < 1.29 is 14.3 Å². The van der Waals surface area contributed by atoms with Gasteiger partial charge in [0.2, 0.25) is 0 Å². The van der Waals surface area contributed by atoms with E-state index in [2.05, 4.69) is 18.2 Å². The van der Waals surface area contributed by atoms with E-state index in [0.717, 1.165) is 10.4 Å². The first-order valence-corrected chi connectivity index (χ1v) is 12.2. The molecule has 0 saturated carbocycles. The Bertz CT molecular complexity index is 1510. The second-order valence-corrected chi connectivity index (χ2v) is 9.33. The highest BCUT2D eigenvalue weighted by molar-refractivity contribution is 7.25. The van der Waals surface area contributed by atoms with Gasteiger partial charge in [-0.05, 0) is 48.5 Å². The zero-order chi connectivity index (χ0) is 24.2. The number of nitrogens with two attached hydrogens (primary N) is 1.